The Hall–Kier alpha value is -2.80. The maximum Gasteiger partial charge on any atom is 0.224 e. The standard InChI is InChI=1S/C21H25N5O2/c1-12-6-5-7-19(23-12)16-8-15(16)11-28-21-17(9-22-14(3)24-21)18-10-26(4)25-20(18)13(2)27/h5-7,9-10,13,15-16,27H,8,11H2,1-4H3/t13?,15-,16+/m1/s1. The molecule has 146 valence electrons. The largest absolute Gasteiger partial charge is 0.477 e. The van der Waals surface area contributed by atoms with Gasteiger partial charge in [-0.2, -0.15) is 10.1 Å². The number of hydrogen-bond donors (Lipinski definition) is 1. The van der Waals surface area contributed by atoms with E-state index in [1.54, 1.807) is 17.8 Å². The monoisotopic (exact) mass is 379 g/mol. The fourth-order valence-electron chi connectivity index (χ4n) is 3.52. The van der Waals surface area contributed by atoms with E-state index in [9.17, 15) is 5.11 Å². The summed E-state index contributed by atoms with van der Waals surface area (Å²) in [5, 5.41) is 14.4. The molecular formula is C21H25N5O2. The van der Waals surface area contributed by atoms with Gasteiger partial charge >= 0.3 is 0 Å². The van der Waals surface area contributed by atoms with Gasteiger partial charge in [0.1, 0.15) is 5.82 Å². The van der Waals surface area contributed by atoms with Gasteiger partial charge in [-0.15, -0.1) is 0 Å². The quantitative estimate of drug-likeness (QED) is 0.708. The Morgan fingerprint density at radius 2 is 2.07 bits per heavy atom. The number of ether oxygens (including phenoxy) is 1. The van der Waals surface area contributed by atoms with E-state index in [2.05, 4.69) is 32.2 Å². The Kier molecular flexibility index (Phi) is 4.85. The van der Waals surface area contributed by atoms with E-state index in [0.29, 0.717) is 35.8 Å². The normalized spacial score (nSPS) is 19.5. The first-order valence-electron chi connectivity index (χ1n) is 9.54. The second-order valence-electron chi connectivity index (χ2n) is 7.53. The summed E-state index contributed by atoms with van der Waals surface area (Å²) in [4.78, 5) is 13.5. The molecule has 1 unspecified atom stereocenters. The van der Waals surface area contributed by atoms with Crippen molar-refractivity contribution >= 4 is 0 Å². The summed E-state index contributed by atoms with van der Waals surface area (Å²) in [6.07, 6.45) is 3.99. The lowest BCUT2D eigenvalue weighted by Crippen LogP contribution is -2.06. The molecule has 0 saturated heterocycles. The molecule has 0 aliphatic heterocycles. The third-order valence-electron chi connectivity index (χ3n) is 5.06. The van der Waals surface area contributed by atoms with Crippen LogP contribution in [0.25, 0.3) is 11.1 Å². The van der Waals surface area contributed by atoms with Crippen LogP contribution in [0.2, 0.25) is 0 Å². The number of aromatic nitrogens is 5. The van der Waals surface area contributed by atoms with E-state index in [4.69, 9.17) is 4.74 Å². The second kappa shape index (κ2) is 7.31. The SMILES string of the molecule is Cc1cccc([C@H]2C[C@@H]2COc2nc(C)ncc2-c2cn(C)nc2C(C)O)n1. The van der Waals surface area contributed by atoms with Crippen molar-refractivity contribution in [3.05, 3.63) is 53.5 Å². The minimum Gasteiger partial charge on any atom is -0.477 e. The van der Waals surface area contributed by atoms with E-state index < -0.39 is 6.10 Å². The van der Waals surface area contributed by atoms with Gasteiger partial charge in [0.2, 0.25) is 5.88 Å². The molecule has 1 aliphatic carbocycles. The Balaban J connectivity index is 1.54. The van der Waals surface area contributed by atoms with Crippen molar-refractivity contribution in [3.63, 3.8) is 0 Å². The molecule has 1 N–H and O–H groups in total. The topological polar surface area (TPSA) is 86.0 Å². The van der Waals surface area contributed by atoms with Crippen molar-refractivity contribution < 1.29 is 9.84 Å². The molecule has 3 atom stereocenters. The van der Waals surface area contributed by atoms with Crippen LogP contribution in [-0.2, 0) is 7.05 Å². The third kappa shape index (κ3) is 3.75. The molecule has 7 nitrogen and oxygen atoms in total. The molecule has 1 fully saturated rings. The Bertz CT molecular complexity index is 998. The second-order valence-corrected chi connectivity index (χ2v) is 7.53. The van der Waals surface area contributed by atoms with Gasteiger partial charge in [-0.05, 0) is 39.3 Å². The van der Waals surface area contributed by atoms with Gasteiger partial charge in [0, 0.05) is 48.2 Å². The molecule has 4 rings (SSSR count). The zero-order valence-corrected chi connectivity index (χ0v) is 16.6. The maximum atomic E-state index is 10.1. The Labute approximate surface area is 164 Å². The van der Waals surface area contributed by atoms with Crippen molar-refractivity contribution in [3.8, 4) is 17.0 Å². The first kappa shape index (κ1) is 18.6. The van der Waals surface area contributed by atoms with Gasteiger partial charge in [-0.25, -0.2) is 4.98 Å². The van der Waals surface area contributed by atoms with Gasteiger partial charge in [0.15, 0.2) is 0 Å². The third-order valence-corrected chi connectivity index (χ3v) is 5.06. The number of hydrogen-bond acceptors (Lipinski definition) is 6. The van der Waals surface area contributed by atoms with Crippen LogP contribution in [0, 0.1) is 19.8 Å². The molecule has 0 bridgehead atoms. The molecule has 1 saturated carbocycles. The fraction of sp³-hybridized carbons (Fsp3) is 0.429. The molecule has 3 heterocycles. The summed E-state index contributed by atoms with van der Waals surface area (Å²) in [7, 11) is 1.83. The molecule has 0 amide bonds. The lowest BCUT2D eigenvalue weighted by Gasteiger charge is -2.11. The highest BCUT2D eigenvalue weighted by atomic mass is 16.5. The van der Waals surface area contributed by atoms with E-state index >= 15 is 0 Å². The smallest absolute Gasteiger partial charge is 0.224 e. The number of aliphatic hydroxyl groups is 1. The van der Waals surface area contributed by atoms with Crippen LogP contribution in [0.15, 0.2) is 30.6 Å². The highest BCUT2D eigenvalue weighted by Crippen LogP contribution is 2.47. The minimum absolute atomic E-state index is 0.433. The van der Waals surface area contributed by atoms with Crippen LogP contribution >= 0.6 is 0 Å². The van der Waals surface area contributed by atoms with Crippen LogP contribution in [0.5, 0.6) is 5.88 Å². The van der Waals surface area contributed by atoms with Crippen LogP contribution < -0.4 is 4.74 Å². The molecule has 28 heavy (non-hydrogen) atoms. The van der Waals surface area contributed by atoms with Crippen molar-refractivity contribution in [1.82, 2.24) is 24.7 Å². The average molecular weight is 379 g/mol. The summed E-state index contributed by atoms with van der Waals surface area (Å²) < 4.78 is 7.81. The van der Waals surface area contributed by atoms with E-state index in [1.165, 1.54) is 0 Å². The lowest BCUT2D eigenvalue weighted by atomic mass is 10.1. The van der Waals surface area contributed by atoms with Crippen molar-refractivity contribution in [1.29, 1.82) is 0 Å². The Morgan fingerprint density at radius 1 is 1.25 bits per heavy atom. The predicted molar refractivity (Wildman–Crippen MR) is 105 cm³/mol. The van der Waals surface area contributed by atoms with Gasteiger partial charge in [-0.3, -0.25) is 9.67 Å². The summed E-state index contributed by atoms with van der Waals surface area (Å²) >= 11 is 0. The molecule has 3 aromatic rings. The molecule has 7 heteroatoms. The highest BCUT2D eigenvalue weighted by Gasteiger charge is 2.40. The van der Waals surface area contributed by atoms with Crippen LogP contribution in [0.1, 0.15) is 48.3 Å². The average Bonchev–Trinajstić information content (AvgIpc) is 3.33. The van der Waals surface area contributed by atoms with E-state index in [-0.39, 0.29) is 0 Å². The van der Waals surface area contributed by atoms with Crippen molar-refractivity contribution in [2.24, 2.45) is 13.0 Å². The summed E-state index contributed by atoms with van der Waals surface area (Å²) in [6, 6.07) is 6.16. The number of aryl methyl sites for hydroxylation is 3. The van der Waals surface area contributed by atoms with Gasteiger partial charge in [-0.1, -0.05) is 6.07 Å². The van der Waals surface area contributed by atoms with Crippen molar-refractivity contribution in [2.75, 3.05) is 6.61 Å². The van der Waals surface area contributed by atoms with Crippen LogP contribution in [0.3, 0.4) is 0 Å². The first-order valence-corrected chi connectivity index (χ1v) is 9.54. The lowest BCUT2D eigenvalue weighted by molar-refractivity contribution is 0.194. The van der Waals surface area contributed by atoms with Crippen LogP contribution in [-0.4, -0.2) is 36.4 Å². The summed E-state index contributed by atoms with van der Waals surface area (Å²) in [5.74, 6) is 2.06. The number of aliphatic hydroxyl groups excluding tert-OH is 1. The van der Waals surface area contributed by atoms with Crippen molar-refractivity contribution in [2.45, 2.75) is 39.2 Å². The van der Waals surface area contributed by atoms with E-state index in [0.717, 1.165) is 28.9 Å². The molecular weight excluding hydrogens is 354 g/mol. The van der Waals surface area contributed by atoms with E-state index in [1.807, 2.05) is 33.2 Å². The molecule has 3 aromatic heterocycles. The Morgan fingerprint density at radius 3 is 2.82 bits per heavy atom. The predicted octanol–water partition coefficient (Wildman–Crippen LogP) is 3.12. The number of nitrogens with zero attached hydrogens (tertiary/aromatic N) is 5. The fourth-order valence-corrected chi connectivity index (χ4v) is 3.52. The molecule has 1 aliphatic rings. The minimum atomic E-state index is -0.689. The summed E-state index contributed by atoms with van der Waals surface area (Å²) in [5.41, 5.74) is 4.31. The van der Waals surface area contributed by atoms with Crippen LogP contribution in [0.4, 0.5) is 0 Å². The maximum absolute atomic E-state index is 10.1. The first-order chi connectivity index (χ1) is 13.4. The number of rotatable bonds is 6. The molecule has 0 spiro atoms. The number of pyridine rings is 1. The molecule has 0 aromatic carbocycles. The van der Waals surface area contributed by atoms with Gasteiger partial charge in [0.05, 0.1) is 24.0 Å². The highest BCUT2D eigenvalue weighted by molar-refractivity contribution is 5.69. The molecule has 0 radical (unpaired) electrons. The zero-order chi connectivity index (χ0) is 19.8. The van der Waals surface area contributed by atoms with Gasteiger partial charge < -0.3 is 9.84 Å². The summed E-state index contributed by atoms with van der Waals surface area (Å²) in [6.45, 7) is 6.13. The zero-order valence-electron chi connectivity index (χ0n) is 16.6. The van der Waals surface area contributed by atoms with Gasteiger partial charge in [0.25, 0.3) is 0 Å².